The number of Topliss-reactive ketones (excluding diaryl/α,β-unsaturated/α-hetero) is 2. The normalized spacial score (nSPS) is 13.0. The minimum atomic E-state index is -0.143. The number of carbonyl (C=O) groups excluding carboxylic acids is 2. The number of aromatic hydroxyl groups is 1. The third-order valence-corrected chi connectivity index (χ3v) is 3.98. The summed E-state index contributed by atoms with van der Waals surface area (Å²) in [5.74, 6) is 0.711. The van der Waals surface area contributed by atoms with Gasteiger partial charge in [-0.3, -0.25) is 9.59 Å². The molecule has 1 N–H and O–H groups in total. The summed E-state index contributed by atoms with van der Waals surface area (Å²) in [5.41, 5.74) is 2.11. The van der Waals surface area contributed by atoms with Crippen molar-refractivity contribution in [2.75, 3.05) is 6.61 Å². The van der Waals surface area contributed by atoms with E-state index in [0.29, 0.717) is 11.1 Å². The molecule has 3 rings (SSSR count). The first-order valence-corrected chi connectivity index (χ1v) is 7.74. The molecule has 0 aromatic heterocycles. The fourth-order valence-electron chi connectivity index (χ4n) is 2.73. The number of hydrogen-bond acceptors (Lipinski definition) is 4. The van der Waals surface area contributed by atoms with E-state index in [0.717, 1.165) is 30.8 Å². The summed E-state index contributed by atoms with van der Waals surface area (Å²) in [5, 5.41) is 9.40. The second kappa shape index (κ2) is 6.65. The predicted octanol–water partition coefficient (Wildman–Crippen LogP) is 3.56. The monoisotopic (exact) mass is 310 g/mol. The molecule has 0 spiro atoms. The Kier molecular flexibility index (Phi) is 4.42. The number of fused-ring (bicyclic) bond motifs is 1. The molecule has 2 aromatic carbocycles. The molecule has 0 radical (unpaired) electrons. The van der Waals surface area contributed by atoms with Crippen LogP contribution in [0.5, 0.6) is 11.5 Å². The van der Waals surface area contributed by atoms with Crippen molar-refractivity contribution in [2.45, 2.75) is 25.7 Å². The van der Waals surface area contributed by atoms with Crippen LogP contribution in [-0.2, 0) is 6.42 Å². The average Bonchev–Trinajstić information content (AvgIpc) is 2.59. The molecule has 0 amide bonds. The highest BCUT2D eigenvalue weighted by Crippen LogP contribution is 2.26. The van der Waals surface area contributed by atoms with Crippen LogP contribution in [0, 0.1) is 0 Å². The van der Waals surface area contributed by atoms with E-state index in [-0.39, 0.29) is 30.2 Å². The molecule has 0 atom stereocenters. The van der Waals surface area contributed by atoms with E-state index in [4.69, 9.17) is 4.74 Å². The van der Waals surface area contributed by atoms with Gasteiger partial charge in [0.25, 0.3) is 0 Å². The Balaban J connectivity index is 1.64. The van der Waals surface area contributed by atoms with Crippen LogP contribution in [0.15, 0.2) is 42.5 Å². The highest BCUT2D eigenvalue weighted by atomic mass is 16.5. The molecule has 0 saturated carbocycles. The maximum absolute atomic E-state index is 12.3. The molecule has 118 valence electrons. The van der Waals surface area contributed by atoms with Crippen LogP contribution < -0.4 is 4.74 Å². The second-order valence-corrected chi connectivity index (χ2v) is 5.67. The van der Waals surface area contributed by atoms with Crippen molar-refractivity contribution in [1.82, 2.24) is 0 Å². The summed E-state index contributed by atoms with van der Waals surface area (Å²) < 4.78 is 5.54. The Morgan fingerprint density at radius 2 is 1.74 bits per heavy atom. The molecule has 1 aliphatic rings. The van der Waals surface area contributed by atoms with Gasteiger partial charge in [-0.1, -0.05) is 12.1 Å². The number of phenolic OH excluding ortho intramolecular Hbond substituents is 1. The van der Waals surface area contributed by atoms with Crippen molar-refractivity contribution in [3.05, 3.63) is 59.2 Å². The second-order valence-electron chi connectivity index (χ2n) is 5.67. The quantitative estimate of drug-likeness (QED) is 0.858. The van der Waals surface area contributed by atoms with Crippen molar-refractivity contribution in [2.24, 2.45) is 0 Å². The van der Waals surface area contributed by atoms with E-state index in [2.05, 4.69) is 0 Å². The summed E-state index contributed by atoms with van der Waals surface area (Å²) >= 11 is 0. The van der Waals surface area contributed by atoms with Gasteiger partial charge >= 0.3 is 0 Å². The molecule has 0 bridgehead atoms. The van der Waals surface area contributed by atoms with E-state index < -0.39 is 0 Å². The highest BCUT2D eigenvalue weighted by molar-refractivity contribution is 6.02. The van der Waals surface area contributed by atoms with Crippen LogP contribution in [0.25, 0.3) is 0 Å². The topological polar surface area (TPSA) is 63.6 Å². The third-order valence-electron chi connectivity index (χ3n) is 3.98. The number of hydrogen-bond donors (Lipinski definition) is 1. The molecular weight excluding hydrogens is 292 g/mol. The first-order chi connectivity index (χ1) is 11.1. The number of ether oxygens (including phenoxy) is 1. The minimum Gasteiger partial charge on any atom is -0.508 e. The minimum absolute atomic E-state index is 0.0492. The maximum atomic E-state index is 12.3. The SMILES string of the molecule is O=C(CCC(=O)c1ccc2c(c1)CCCO2)c1cccc(O)c1. The molecule has 0 saturated heterocycles. The summed E-state index contributed by atoms with van der Waals surface area (Å²) in [6.45, 7) is 0.721. The van der Waals surface area contributed by atoms with Gasteiger partial charge in [0, 0.05) is 24.0 Å². The number of carbonyl (C=O) groups is 2. The molecule has 4 nitrogen and oxygen atoms in total. The average molecular weight is 310 g/mol. The van der Waals surface area contributed by atoms with Crippen LogP contribution in [0.1, 0.15) is 45.5 Å². The number of ketones is 2. The van der Waals surface area contributed by atoms with Crippen molar-refractivity contribution < 1.29 is 19.4 Å². The zero-order valence-electron chi connectivity index (χ0n) is 12.7. The lowest BCUT2D eigenvalue weighted by Gasteiger charge is -2.17. The van der Waals surface area contributed by atoms with Gasteiger partial charge in [0.1, 0.15) is 11.5 Å². The Labute approximate surface area is 134 Å². The smallest absolute Gasteiger partial charge is 0.163 e. The molecule has 1 heterocycles. The molecule has 23 heavy (non-hydrogen) atoms. The lowest BCUT2D eigenvalue weighted by Crippen LogP contribution is -2.10. The fraction of sp³-hybridized carbons (Fsp3) is 0.263. The van der Waals surface area contributed by atoms with Crippen molar-refractivity contribution >= 4 is 11.6 Å². The number of aryl methyl sites for hydroxylation is 1. The zero-order chi connectivity index (χ0) is 16.2. The van der Waals surface area contributed by atoms with Crippen molar-refractivity contribution in [1.29, 1.82) is 0 Å². The van der Waals surface area contributed by atoms with Crippen LogP contribution in [0.3, 0.4) is 0 Å². The van der Waals surface area contributed by atoms with Crippen molar-refractivity contribution in [3.63, 3.8) is 0 Å². The Hall–Kier alpha value is -2.62. The van der Waals surface area contributed by atoms with E-state index in [1.54, 1.807) is 18.2 Å². The van der Waals surface area contributed by atoms with Gasteiger partial charge in [0.05, 0.1) is 6.61 Å². The van der Waals surface area contributed by atoms with Crippen LogP contribution >= 0.6 is 0 Å². The number of phenols is 1. The van der Waals surface area contributed by atoms with Gasteiger partial charge in [-0.15, -0.1) is 0 Å². The molecule has 0 aliphatic carbocycles. The van der Waals surface area contributed by atoms with Crippen LogP contribution in [-0.4, -0.2) is 23.3 Å². The summed E-state index contributed by atoms with van der Waals surface area (Å²) in [7, 11) is 0. The maximum Gasteiger partial charge on any atom is 0.163 e. The Morgan fingerprint density at radius 3 is 2.48 bits per heavy atom. The van der Waals surface area contributed by atoms with Gasteiger partial charge in [-0.2, -0.15) is 0 Å². The van der Waals surface area contributed by atoms with Gasteiger partial charge in [0.15, 0.2) is 11.6 Å². The molecule has 4 heteroatoms. The first kappa shape index (κ1) is 15.3. The largest absolute Gasteiger partial charge is 0.508 e. The standard InChI is InChI=1S/C19H18O4/c20-16-5-1-3-13(12-16)17(21)7-8-18(22)14-6-9-19-15(11-14)4-2-10-23-19/h1,3,5-6,9,11-12,20H,2,4,7-8,10H2. The number of rotatable bonds is 5. The predicted molar refractivity (Wildman–Crippen MR) is 86.3 cm³/mol. The molecule has 0 unspecified atom stereocenters. The van der Waals surface area contributed by atoms with Gasteiger partial charge in [0.2, 0.25) is 0 Å². The summed E-state index contributed by atoms with van der Waals surface area (Å²) in [4.78, 5) is 24.4. The van der Waals surface area contributed by atoms with E-state index in [9.17, 15) is 14.7 Å². The van der Waals surface area contributed by atoms with Gasteiger partial charge < -0.3 is 9.84 Å². The molecular formula is C19H18O4. The lowest BCUT2D eigenvalue weighted by molar-refractivity contribution is 0.0917. The van der Waals surface area contributed by atoms with Crippen LogP contribution in [0.4, 0.5) is 0 Å². The third kappa shape index (κ3) is 3.59. The summed E-state index contributed by atoms with van der Waals surface area (Å²) in [6, 6.07) is 11.6. The zero-order valence-corrected chi connectivity index (χ0v) is 12.7. The summed E-state index contributed by atoms with van der Waals surface area (Å²) in [6.07, 6.45) is 2.17. The van der Waals surface area contributed by atoms with Gasteiger partial charge in [-0.05, 0) is 48.7 Å². The van der Waals surface area contributed by atoms with Crippen molar-refractivity contribution in [3.8, 4) is 11.5 Å². The lowest BCUT2D eigenvalue weighted by atomic mass is 9.98. The Bertz CT molecular complexity index is 749. The van der Waals surface area contributed by atoms with Crippen LogP contribution in [0.2, 0.25) is 0 Å². The van der Waals surface area contributed by atoms with Gasteiger partial charge in [-0.25, -0.2) is 0 Å². The van der Waals surface area contributed by atoms with E-state index in [1.165, 1.54) is 12.1 Å². The Morgan fingerprint density at radius 1 is 1.00 bits per heavy atom. The first-order valence-electron chi connectivity index (χ1n) is 7.74. The van der Waals surface area contributed by atoms with E-state index in [1.807, 2.05) is 12.1 Å². The molecule has 2 aromatic rings. The van der Waals surface area contributed by atoms with E-state index >= 15 is 0 Å². The molecule has 0 fully saturated rings. The highest BCUT2D eigenvalue weighted by Gasteiger charge is 2.15. The fourth-order valence-corrected chi connectivity index (χ4v) is 2.73. The molecule has 1 aliphatic heterocycles. The number of benzene rings is 2.